The van der Waals surface area contributed by atoms with E-state index in [0.717, 1.165) is 12.8 Å². The average Bonchev–Trinajstić information content (AvgIpc) is 3.31. The van der Waals surface area contributed by atoms with Crippen LogP contribution in [0.3, 0.4) is 0 Å². The fourth-order valence-corrected chi connectivity index (χ4v) is 4.45. The molecule has 1 aliphatic rings. The highest BCUT2D eigenvalue weighted by Gasteiger charge is 2.28. The van der Waals surface area contributed by atoms with Gasteiger partial charge in [-0.15, -0.1) is 0 Å². The zero-order valence-corrected chi connectivity index (χ0v) is 13.8. The molecule has 0 unspecified atom stereocenters. The van der Waals surface area contributed by atoms with Crippen LogP contribution in [0.25, 0.3) is 0 Å². The minimum Gasteiger partial charge on any atom is -0.280 e. The summed E-state index contributed by atoms with van der Waals surface area (Å²) in [6.45, 7) is 0. The van der Waals surface area contributed by atoms with Gasteiger partial charge in [0.15, 0.2) is 0 Å². The molecule has 0 aromatic heterocycles. The van der Waals surface area contributed by atoms with E-state index in [0.29, 0.717) is 0 Å². The summed E-state index contributed by atoms with van der Waals surface area (Å²) >= 11 is 0. The largest absolute Gasteiger partial charge is 0.280 e. The van der Waals surface area contributed by atoms with Gasteiger partial charge in [-0.1, -0.05) is 24.3 Å². The molecule has 2 N–H and O–H groups in total. The van der Waals surface area contributed by atoms with E-state index in [1.54, 1.807) is 18.2 Å². The third-order valence-corrected chi connectivity index (χ3v) is 6.26. The minimum absolute atomic E-state index is 0.00957. The van der Waals surface area contributed by atoms with Crippen molar-refractivity contribution in [2.75, 3.05) is 4.72 Å². The highest BCUT2D eigenvalue weighted by molar-refractivity contribution is 7.92. The highest BCUT2D eigenvalue weighted by Crippen LogP contribution is 2.24. The molecule has 23 heavy (non-hydrogen) atoms. The van der Waals surface area contributed by atoms with Crippen LogP contribution < -0.4 is 9.44 Å². The van der Waals surface area contributed by atoms with Gasteiger partial charge in [-0.05, 0) is 43.2 Å². The Bertz CT molecular complexity index is 906. The summed E-state index contributed by atoms with van der Waals surface area (Å²) in [4.78, 5) is 0.155. The maximum Gasteiger partial charge on any atom is 0.261 e. The van der Waals surface area contributed by atoms with Crippen molar-refractivity contribution in [2.24, 2.45) is 0 Å². The molecule has 0 amide bonds. The third kappa shape index (κ3) is 3.90. The normalized spacial score (nSPS) is 15.3. The van der Waals surface area contributed by atoms with Crippen LogP contribution in [0.4, 0.5) is 5.69 Å². The molecule has 1 fully saturated rings. The van der Waals surface area contributed by atoms with Gasteiger partial charge in [-0.3, -0.25) is 4.72 Å². The topological polar surface area (TPSA) is 92.3 Å². The molecule has 2 aromatic carbocycles. The molecule has 122 valence electrons. The molecule has 0 heterocycles. The fourth-order valence-electron chi connectivity index (χ4n) is 2.03. The summed E-state index contributed by atoms with van der Waals surface area (Å²) in [5.74, 6) is 0. The summed E-state index contributed by atoms with van der Waals surface area (Å²) in [7, 11) is -7.38. The Hall–Kier alpha value is -1.90. The van der Waals surface area contributed by atoms with Gasteiger partial charge in [0.2, 0.25) is 10.0 Å². The molecular formula is C15H16N2O4S2. The van der Waals surface area contributed by atoms with Crippen molar-refractivity contribution < 1.29 is 16.8 Å². The van der Waals surface area contributed by atoms with E-state index >= 15 is 0 Å². The van der Waals surface area contributed by atoms with Crippen molar-refractivity contribution in [3.05, 3.63) is 54.6 Å². The number of sulfonamides is 2. The summed E-state index contributed by atoms with van der Waals surface area (Å²) in [6.07, 6.45) is 1.67. The van der Waals surface area contributed by atoms with Crippen molar-refractivity contribution in [2.45, 2.75) is 28.7 Å². The minimum atomic E-state index is -3.75. The van der Waals surface area contributed by atoms with E-state index in [9.17, 15) is 16.8 Å². The summed E-state index contributed by atoms with van der Waals surface area (Å²) in [5, 5.41) is 0. The smallest absolute Gasteiger partial charge is 0.261 e. The Labute approximate surface area is 135 Å². The van der Waals surface area contributed by atoms with E-state index in [1.807, 2.05) is 0 Å². The van der Waals surface area contributed by atoms with Gasteiger partial charge in [0.25, 0.3) is 10.0 Å². The Morgan fingerprint density at radius 1 is 0.783 bits per heavy atom. The van der Waals surface area contributed by atoms with Gasteiger partial charge in [0, 0.05) is 6.04 Å². The maximum atomic E-state index is 12.3. The number of nitrogens with one attached hydrogen (secondary N) is 2. The van der Waals surface area contributed by atoms with Crippen molar-refractivity contribution in [1.29, 1.82) is 0 Å². The number of hydrogen-bond acceptors (Lipinski definition) is 4. The van der Waals surface area contributed by atoms with E-state index in [2.05, 4.69) is 9.44 Å². The number of anilines is 1. The zero-order valence-electron chi connectivity index (χ0n) is 12.1. The molecule has 0 saturated heterocycles. The molecule has 0 atom stereocenters. The Balaban J connectivity index is 1.86. The van der Waals surface area contributed by atoms with Crippen LogP contribution in [0.2, 0.25) is 0 Å². The number of hydrogen-bond donors (Lipinski definition) is 2. The molecule has 0 radical (unpaired) electrons. The molecule has 0 bridgehead atoms. The molecule has 1 aliphatic carbocycles. The van der Waals surface area contributed by atoms with Crippen molar-refractivity contribution >= 4 is 25.7 Å². The average molecular weight is 352 g/mol. The fraction of sp³-hybridized carbons (Fsp3) is 0.200. The SMILES string of the molecule is O=S(=O)(Nc1cccc(S(=O)(=O)NC2CC2)c1)c1ccccc1. The Morgan fingerprint density at radius 2 is 1.43 bits per heavy atom. The molecule has 2 aromatic rings. The van der Waals surface area contributed by atoms with Gasteiger partial charge in [0.05, 0.1) is 15.5 Å². The monoisotopic (exact) mass is 352 g/mol. The molecule has 6 nitrogen and oxygen atoms in total. The van der Waals surface area contributed by atoms with Gasteiger partial charge in [-0.2, -0.15) is 0 Å². The highest BCUT2D eigenvalue weighted by atomic mass is 32.2. The second kappa shape index (κ2) is 5.95. The molecule has 0 spiro atoms. The van der Waals surface area contributed by atoms with E-state index in [4.69, 9.17) is 0 Å². The molecular weight excluding hydrogens is 336 g/mol. The predicted molar refractivity (Wildman–Crippen MR) is 87.0 cm³/mol. The van der Waals surface area contributed by atoms with Crippen LogP contribution >= 0.6 is 0 Å². The molecule has 0 aliphatic heterocycles. The van der Waals surface area contributed by atoms with Crippen LogP contribution in [0.15, 0.2) is 64.4 Å². The lowest BCUT2D eigenvalue weighted by Crippen LogP contribution is -2.25. The zero-order chi connectivity index (χ0) is 16.5. The van der Waals surface area contributed by atoms with Gasteiger partial charge >= 0.3 is 0 Å². The molecule has 1 saturated carbocycles. The quantitative estimate of drug-likeness (QED) is 0.831. The van der Waals surface area contributed by atoms with Gasteiger partial charge in [-0.25, -0.2) is 21.6 Å². The second-order valence-electron chi connectivity index (χ2n) is 5.34. The van der Waals surface area contributed by atoms with Crippen LogP contribution in [0.5, 0.6) is 0 Å². The lowest BCUT2D eigenvalue weighted by Gasteiger charge is -2.10. The Kier molecular flexibility index (Phi) is 4.13. The predicted octanol–water partition coefficient (Wildman–Crippen LogP) is 1.93. The first-order chi connectivity index (χ1) is 10.9. The van der Waals surface area contributed by atoms with Gasteiger partial charge < -0.3 is 0 Å². The first-order valence-electron chi connectivity index (χ1n) is 7.07. The summed E-state index contributed by atoms with van der Waals surface area (Å²) in [6, 6.07) is 13.6. The van der Waals surface area contributed by atoms with Crippen LogP contribution in [-0.2, 0) is 20.0 Å². The van der Waals surface area contributed by atoms with Crippen LogP contribution in [0.1, 0.15) is 12.8 Å². The molecule has 3 rings (SSSR count). The van der Waals surface area contributed by atoms with Crippen molar-refractivity contribution in [1.82, 2.24) is 4.72 Å². The molecule has 8 heteroatoms. The standard InChI is InChI=1S/C15H16N2O4S2/c18-22(19,14-6-2-1-3-7-14)17-13-5-4-8-15(11-13)23(20,21)16-12-9-10-12/h1-8,11-12,16-17H,9-10H2. The van der Waals surface area contributed by atoms with Crippen molar-refractivity contribution in [3.63, 3.8) is 0 Å². The third-order valence-electron chi connectivity index (χ3n) is 3.35. The first kappa shape index (κ1) is 16.0. The lowest BCUT2D eigenvalue weighted by atomic mass is 10.3. The van der Waals surface area contributed by atoms with E-state index in [1.165, 1.54) is 36.4 Å². The van der Waals surface area contributed by atoms with Crippen LogP contribution in [-0.4, -0.2) is 22.9 Å². The summed E-state index contributed by atoms with van der Waals surface area (Å²) in [5.41, 5.74) is 0.201. The Morgan fingerprint density at radius 3 is 2.09 bits per heavy atom. The maximum absolute atomic E-state index is 12.3. The summed E-state index contributed by atoms with van der Waals surface area (Å²) < 4.78 is 53.9. The van der Waals surface area contributed by atoms with Gasteiger partial charge in [0.1, 0.15) is 0 Å². The number of rotatable bonds is 6. The van der Waals surface area contributed by atoms with E-state index < -0.39 is 20.0 Å². The van der Waals surface area contributed by atoms with Crippen LogP contribution in [0, 0.1) is 0 Å². The lowest BCUT2D eigenvalue weighted by molar-refractivity contribution is 0.581. The van der Waals surface area contributed by atoms with Crippen molar-refractivity contribution in [3.8, 4) is 0 Å². The first-order valence-corrected chi connectivity index (χ1v) is 10.0. The van der Waals surface area contributed by atoms with E-state index in [-0.39, 0.29) is 21.5 Å². The number of benzene rings is 2. The second-order valence-corrected chi connectivity index (χ2v) is 8.74.